The van der Waals surface area contributed by atoms with Crippen molar-refractivity contribution in [3.05, 3.63) is 11.6 Å². The molecule has 4 aliphatic carbocycles. The second-order valence-corrected chi connectivity index (χ2v) is 18.7. The number of nitrogens with two attached hydrogens (primary N) is 1. The Hall–Kier alpha value is -2.08. The van der Waals surface area contributed by atoms with Crippen LogP contribution < -0.4 is 11.1 Å². The van der Waals surface area contributed by atoms with Crippen LogP contribution in [0.25, 0.3) is 0 Å². The van der Waals surface area contributed by atoms with Crippen LogP contribution >= 0.6 is 0 Å². The smallest absolute Gasteiger partial charge is 0.307 e. The van der Waals surface area contributed by atoms with Crippen molar-refractivity contribution < 1.29 is 24.1 Å². The molecule has 2 aliphatic heterocycles. The minimum absolute atomic E-state index is 0.140. The molecular weight excluding hydrogens is 632 g/mol. The molecule has 7 rings (SSSR count). The predicted octanol–water partition coefficient (Wildman–Crippen LogP) is 5.93. The van der Waals surface area contributed by atoms with Gasteiger partial charge in [0.25, 0.3) is 5.95 Å². The second-order valence-electron chi connectivity index (χ2n) is 18.7. The molecule has 1 aromatic rings. The number of carboxylic acids is 1. The van der Waals surface area contributed by atoms with E-state index in [0.717, 1.165) is 71.1 Å². The van der Waals surface area contributed by atoms with E-state index in [-0.39, 0.29) is 56.6 Å². The highest BCUT2D eigenvalue weighted by Crippen LogP contribution is 2.75. The summed E-state index contributed by atoms with van der Waals surface area (Å²) in [5.41, 5.74) is 6.17. The average molecular weight is 697 g/mol. The van der Waals surface area contributed by atoms with Crippen molar-refractivity contribution in [3.63, 3.8) is 0 Å². The van der Waals surface area contributed by atoms with E-state index in [4.69, 9.17) is 19.9 Å². The third-order valence-corrected chi connectivity index (χ3v) is 16.4. The zero-order valence-corrected chi connectivity index (χ0v) is 32.0. The van der Waals surface area contributed by atoms with Gasteiger partial charge < -0.3 is 30.4 Å². The van der Waals surface area contributed by atoms with Crippen LogP contribution in [0.4, 0.5) is 5.95 Å². The van der Waals surface area contributed by atoms with Crippen molar-refractivity contribution in [1.82, 2.24) is 25.5 Å². The highest BCUT2D eigenvalue weighted by atomic mass is 16.5. The molecular formula is C39H64N6O5. The summed E-state index contributed by atoms with van der Waals surface area (Å²) >= 11 is 0. The van der Waals surface area contributed by atoms with Crippen molar-refractivity contribution in [2.45, 2.75) is 124 Å². The number of fused-ring (bicyclic) bond motifs is 3. The highest BCUT2D eigenvalue weighted by molar-refractivity contribution is 5.73. The fraction of sp³-hybridized carbons (Fsp3) is 0.897. The lowest BCUT2D eigenvalue weighted by molar-refractivity contribution is -0.255. The number of nitrogens with zero attached hydrogens (tertiary/aromatic N) is 4. The monoisotopic (exact) mass is 696 g/mol. The number of ether oxygens (including phenoxy) is 3. The van der Waals surface area contributed by atoms with Crippen molar-refractivity contribution >= 4 is 11.9 Å². The first-order valence-corrected chi connectivity index (χ1v) is 19.6. The van der Waals surface area contributed by atoms with Crippen LogP contribution in [0.2, 0.25) is 0 Å². The van der Waals surface area contributed by atoms with Gasteiger partial charge in [0.1, 0.15) is 6.04 Å². The number of rotatable bonds is 9. The molecule has 50 heavy (non-hydrogen) atoms. The van der Waals surface area contributed by atoms with Gasteiger partial charge >= 0.3 is 5.97 Å². The van der Waals surface area contributed by atoms with Crippen molar-refractivity contribution in [3.8, 4) is 0 Å². The molecule has 280 valence electrons. The Kier molecular flexibility index (Phi) is 9.08. The Balaban J connectivity index is 1.29. The first kappa shape index (κ1) is 36.3. The van der Waals surface area contributed by atoms with Gasteiger partial charge in [0.2, 0.25) is 0 Å². The molecule has 0 radical (unpaired) electrons. The molecule has 2 saturated heterocycles. The van der Waals surface area contributed by atoms with Gasteiger partial charge in [0, 0.05) is 29.6 Å². The number of nitrogens with one attached hydrogen (secondary N) is 1. The molecule has 3 saturated carbocycles. The number of likely N-dealkylation sites (N-methyl/N-ethyl adjacent to an activating group) is 1. The third kappa shape index (κ3) is 5.09. The number of aromatic nitrogens is 4. The Labute approximate surface area is 299 Å². The zero-order chi connectivity index (χ0) is 35.9. The normalized spacial score (nSPS) is 44.4. The third-order valence-electron chi connectivity index (χ3n) is 16.4. The molecule has 0 aromatic carbocycles. The lowest BCUT2D eigenvalue weighted by Crippen LogP contribution is -2.69. The molecule has 11 heteroatoms. The van der Waals surface area contributed by atoms with Crippen LogP contribution in [-0.4, -0.2) is 82.5 Å². The number of tetrazole rings is 1. The first-order valence-electron chi connectivity index (χ1n) is 19.6. The number of allylic oxidation sites excluding steroid dienone is 1. The van der Waals surface area contributed by atoms with E-state index in [2.05, 4.69) is 82.2 Å². The lowest BCUT2D eigenvalue weighted by Gasteiger charge is -2.71. The van der Waals surface area contributed by atoms with Crippen LogP contribution in [0.15, 0.2) is 11.6 Å². The van der Waals surface area contributed by atoms with Gasteiger partial charge in [0.15, 0.2) is 0 Å². The van der Waals surface area contributed by atoms with E-state index >= 15 is 0 Å². The summed E-state index contributed by atoms with van der Waals surface area (Å²) in [4.78, 5) is 15.2. The van der Waals surface area contributed by atoms with Gasteiger partial charge in [-0.3, -0.25) is 4.79 Å². The fourth-order valence-electron chi connectivity index (χ4n) is 13.2. The van der Waals surface area contributed by atoms with Gasteiger partial charge in [-0.25, -0.2) is 0 Å². The topological polar surface area (TPSA) is 147 Å². The number of hydrogen-bond acceptors (Lipinski definition) is 9. The number of carbonyl (C=O) groups is 1. The Bertz CT molecular complexity index is 1470. The molecule has 1 unspecified atom stereocenters. The van der Waals surface area contributed by atoms with Gasteiger partial charge in [-0.05, 0) is 103 Å². The van der Waals surface area contributed by atoms with E-state index < -0.39 is 11.9 Å². The Morgan fingerprint density at radius 2 is 1.82 bits per heavy atom. The van der Waals surface area contributed by atoms with Crippen molar-refractivity contribution in [2.24, 2.45) is 56.7 Å². The first-order chi connectivity index (χ1) is 23.6. The van der Waals surface area contributed by atoms with Gasteiger partial charge in [0.05, 0.1) is 31.8 Å². The summed E-state index contributed by atoms with van der Waals surface area (Å²) in [6.07, 6.45) is 9.77. The van der Waals surface area contributed by atoms with Crippen LogP contribution in [0.1, 0.15) is 113 Å². The Morgan fingerprint density at radius 1 is 1.08 bits per heavy atom. The predicted molar refractivity (Wildman–Crippen MR) is 191 cm³/mol. The summed E-state index contributed by atoms with van der Waals surface area (Å²) in [5, 5.41) is 28.1. The van der Waals surface area contributed by atoms with E-state index in [9.17, 15) is 9.90 Å². The maximum atomic E-state index is 13.5. The van der Waals surface area contributed by atoms with Gasteiger partial charge in [-0.15, -0.1) is 5.10 Å². The molecule has 6 aliphatic rings. The van der Waals surface area contributed by atoms with E-state index in [1.165, 1.54) is 5.57 Å². The summed E-state index contributed by atoms with van der Waals surface area (Å²) in [6.45, 7) is 22.5. The maximum Gasteiger partial charge on any atom is 0.307 e. The summed E-state index contributed by atoms with van der Waals surface area (Å²) in [7, 11) is 0. The quantitative estimate of drug-likeness (QED) is 0.266. The number of anilines is 1. The number of nitrogen functional groups attached to an aromatic ring is 1. The largest absolute Gasteiger partial charge is 0.481 e. The molecule has 0 spiro atoms. The van der Waals surface area contributed by atoms with E-state index in [1.54, 1.807) is 4.80 Å². The van der Waals surface area contributed by atoms with Crippen LogP contribution in [0.5, 0.6) is 0 Å². The fourth-order valence-corrected chi connectivity index (χ4v) is 13.2. The molecule has 4 N–H and O–H groups in total. The summed E-state index contributed by atoms with van der Waals surface area (Å²) in [6, 6.07) is -0.169. The van der Waals surface area contributed by atoms with Crippen LogP contribution in [-0.2, 0) is 19.0 Å². The molecule has 3 heterocycles. The minimum Gasteiger partial charge on any atom is -0.481 e. The van der Waals surface area contributed by atoms with Crippen molar-refractivity contribution in [2.75, 3.05) is 45.3 Å². The second kappa shape index (κ2) is 12.5. The molecule has 11 atom stereocenters. The Morgan fingerprint density at radius 3 is 2.46 bits per heavy atom. The van der Waals surface area contributed by atoms with Crippen LogP contribution in [0, 0.1) is 56.7 Å². The number of aliphatic carboxylic acids is 1. The SMILES string of the molecule is CCNC1(CO[C@H]2[C@H](n3nnc(N)n3)CC34COC[C@@]2(C)[C@@H]3CC[C@H]2C4=CC[C@@]3(C)[C@H](C(=O)O)[C@@](C)([C@H](C)C(C)C)CC[C@]23C)CCOCC1. The average Bonchev–Trinajstić information content (AvgIpc) is 3.50. The number of carboxylic acid groups (broad SMARTS) is 1. The van der Waals surface area contributed by atoms with Gasteiger partial charge in [-0.2, -0.15) is 4.80 Å². The molecule has 0 amide bonds. The number of hydrogen-bond donors (Lipinski definition) is 3. The summed E-state index contributed by atoms with van der Waals surface area (Å²) < 4.78 is 19.7. The van der Waals surface area contributed by atoms with E-state index in [1.807, 2.05) is 0 Å². The lowest BCUT2D eigenvalue weighted by atomic mass is 9.34. The van der Waals surface area contributed by atoms with Gasteiger partial charge in [-0.1, -0.05) is 72.1 Å². The summed E-state index contributed by atoms with van der Waals surface area (Å²) in [5.74, 6) is 0.503. The molecule has 2 bridgehead atoms. The minimum atomic E-state index is -0.627. The maximum absolute atomic E-state index is 13.5. The highest BCUT2D eigenvalue weighted by Gasteiger charge is 2.72. The van der Waals surface area contributed by atoms with E-state index in [0.29, 0.717) is 37.6 Å². The zero-order valence-electron chi connectivity index (χ0n) is 32.0. The standard InChI is InChI=1S/C39H64N6O5/c1-9-41-38(16-18-48-19-17-38)22-50-31-28(45-43-33(40)42-44-45)20-39-23-49-21-35(31,6)29(39)11-10-26-27(39)12-13-37(8)30(32(46)47)34(5,25(4)24(2)3)14-15-36(26,37)7/h12,24-26,28-31,41H,9-11,13-23H2,1-8H3,(H2,40,43)(H,46,47)/t25-,26+,28-,29+,30-,31+,34-,35+,36-,37+,39?/m1/s1. The molecule has 5 fully saturated rings. The molecule has 1 aromatic heterocycles. The van der Waals surface area contributed by atoms with Crippen LogP contribution in [0.3, 0.4) is 0 Å². The van der Waals surface area contributed by atoms with Crippen molar-refractivity contribution in [1.29, 1.82) is 0 Å². The molecule has 11 nitrogen and oxygen atoms in total.